The summed E-state index contributed by atoms with van der Waals surface area (Å²) in [5.74, 6) is -2.27. The van der Waals surface area contributed by atoms with Crippen LogP contribution in [0.2, 0.25) is 5.02 Å². The Bertz CT molecular complexity index is 778. The molecule has 5 heteroatoms. The smallest absolute Gasteiger partial charge is 0.336 e. The lowest BCUT2D eigenvalue weighted by atomic mass is 9.99. The van der Waals surface area contributed by atoms with Crippen LogP contribution in [0.3, 0.4) is 0 Å². The number of halogens is 1. The van der Waals surface area contributed by atoms with Gasteiger partial charge in [0.1, 0.15) is 0 Å². The van der Waals surface area contributed by atoms with E-state index in [2.05, 4.69) is 0 Å². The van der Waals surface area contributed by atoms with Gasteiger partial charge in [-0.05, 0) is 41.8 Å². The highest BCUT2D eigenvalue weighted by Crippen LogP contribution is 2.25. The fraction of sp³-hybridized carbons (Fsp3) is 0.0588. The molecule has 0 fully saturated rings. The first-order valence-corrected chi connectivity index (χ1v) is 6.82. The maximum atomic E-state index is 11.5. The summed E-state index contributed by atoms with van der Waals surface area (Å²) < 4.78 is 0. The largest absolute Gasteiger partial charge is 0.478 e. The molecule has 0 bridgehead atoms. The quantitative estimate of drug-likeness (QED) is 0.661. The molecule has 0 unspecified atom stereocenters. The van der Waals surface area contributed by atoms with Crippen LogP contribution in [0.4, 0.5) is 0 Å². The van der Waals surface area contributed by atoms with Crippen LogP contribution in [0, 0.1) is 6.92 Å². The van der Waals surface area contributed by atoms with E-state index in [9.17, 15) is 19.8 Å². The van der Waals surface area contributed by atoms with Crippen LogP contribution in [-0.2, 0) is 4.79 Å². The Morgan fingerprint density at radius 3 is 2.36 bits per heavy atom. The number of rotatable bonds is 4. The Hall–Kier alpha value is -2.59. The summed E-state index contributed by atoms with van der Waals surface area (Å²) in [5, 5.41) is 19.0. The molecule has 0 amide bonds. The van der Waals surface area contributed by atoms with Crippen molar-refractivity contribution in [3.05, 3.63) is 69.7 Å². The molecule has 2 aromatic rings. The highest BCUT2D eigenvalue weighted by Gasteiger charge is 2.14. The van der Waals surface area contributed by atoms with Gasteiger partial charge in [0.2, 0.25) is 0 Å². The normalized spacial score (nSPS) is 11.3. The third-order valence-corrected chi connectivity index (χ3v) is 3.61. The zero-order valence-corrected chi connectivity index (χ0v) is 12.5. The summed E-state index contributed by atoms with van der Waals surface area (Å²) in [6.07, 6.45) is 1.34. The number of aromatic carboxylic acids is 1. The summed E-state index contributed by atoms with van der Waals surface area (Å²) in [7, 11) is 0. The van der Waals surface area contributed by atoms with Gasteiger partial charge in [0.15, 0.2) is 0 Å². The fourth-order valence-electron chi connectivity index (χ4n) is 2.00. The number of carboxylic acids is 2. The average Bonchev–Trinajstić information content (AvgIpc) is 2.47. The first kappa shape index (κ1) is 15.8. The Kier molecular flexibility index (Phi) is 4.63. The maximum absolute atomic E-state index is 11.5. The Labute approximate surface area is 132 Å². The Morgan fingerprint density at radius 1 is 1.09 bits per heavy atom. The second-order valence-corrected chi connectivity index (χ2v) is 5.13. The number of hydrogen-bond acceptors (Lipinski definition) is 2. The van der Waals surface area contributed by atoms with Gasteiger partial charge in [-0.15, -0.1) is 0 Å². The van der Waals surface area contributed by atoms with E-state index in [1.165, 1.54) is 12.1 Å². The fourth-order valence-corrected chi connectivity index (χ4v) is 2.18. The standard InChI is InChI=1S/C17H13ClO4/c1-10-6-7-12(9-15(10)18)14(17(21)22)8-11-4-2-3-5-13(11)16(19)20/h2-9H,1H3,(H,19,20)(H,21,22)/b14-8-. The number of hydrogen-bond donors (Lipinski definition) is 2. The van der Waals surface area contributed by atoms with Gasteiger partial charge < -0.3 is 10.2 Å². The molecule has 0 spiro atoms. The van der Waals surface area contributed by atoms with E-state index >= 15 is 0 Å². The van der Waals surface area contributed by atoms with E-state index in [1.807, 2.05) is 6.92 Å². The van der Waals surface area contributed by atoms with Gasteiger partial charge in [0.05, 0.1) is 11.1 Å². The monoisotopic (exact) mass is 316 g/mol. The molecule has 0 aromatic heterocycles. The van der Waals surface area contributed by atoms with E-state index in [0.717, 1.165) is 5.56 Å². The lowest BCUT2D eigenvalue weighted by Crippen LogP contribution is -2.03. The molecule has 0 heterocycles. The SMILES string of the molecule is Cc1ccc(/C(=C/c2ccccc2C(=O)O)C(=O)O)cc1Cl. The number of aliphatic carboxylic acids is 1. The van der Waals surface area contributed by atoms with Crippen LogP contribution in [0.5, 0.6) is 0 Å². The van der Waals surface area contributed by atoms with Gasteiger partial charge in [-0.1, -0.05) is 41.9 Å². The third-order valence-electron chi connectivity index (χ3n) is 3.20. The van der Waals surface area contributed by atoms with Gasteiger partial charge in [-0.3, -0.25) is 0 Å². The van der Waals surface area contributed by atoms with Crippen LogP contribution >= 0.6 is 11.6 Å². The number of carboxylic acid groups (broad SMARTS) is 2. The van der Waals surface area contributed by atoms with Crippen molar-refractivity contribution in [2.24, 2.45) is 0 Å². The van der Waals surface area contributed by atoms with Gasteiger partial charge in [0.25, 0.3) is 0 Å². The summed E-state index contributed by atoms with van der Waals surface area (Å²) in [5.41, 5.74) is 1.60. The second kappa shape index (κ2) is 6.45. The summed E-state index contributed by atoms with van der Waals surface area (Å²) in [6, 6.07) is 11.1. The van der Waals surface area contributed by atoms with Crippen molar-refractivity contribution >= 4 is 35.2 Å². The molecular formula is C17H13ClO4. The van der Waals surface area contributed by atoms with E-state index < -0.39 is 11.9 Å². The molecule has 2 aromatic carbocycles. The lowest BCUT2D eigenvalue weighted by Gasteiger charge is -2.07. The van der Waals surface area contributed by atoms with Crippen molar-refractivity contribution in [3.8, 4) is 0 Å². The minimum Gasteiger partial charge on any atom is -0.478 e. The molecular weight excluding hydrogens is 304 g/mol. The van der Waals surface area contributed by atoms with Crippen LogP contribution < -0.4 is 0 Å². The number of benzene rings is 2. The number of aryl methyl sites for hydroxylation is 1. The van der Waals surface area contributed by atoms with E-state index in [-0.39, 0.29) is 11.1 Å². The van der Waals surface area contributed by atoms with E-state index in [4.69, 9.17) is 11.6 Å². The first-order chi connectivity index (χ1) is 10.4. The van der Waals surface area contributed by atoms with E-state index in [0.29, 0.717) is 16.1 Å². The van der Waals surface area contributed by atoms with Gasteiger partial charge in [-0.2, -0.15) is 0 Å². The minimum atomic E-state index is -1.15. The van der Waals surface area contributed by atoms with Gasteiger partial charge in [-0.25, -0.2) is 9.59 Å². The summed E-state index contributed by atoms with van der Waals surface area (Å²) in [4.78, 5) is 22.7. The van der Waals surface area contributed by atoms with Crippen molar-refractivity contribution in [1.29, 1.82) is 0 Å². The molecule has 0 aliphatic heterocycles. The molecule has 0 aliphatic rings. The Morgan fingerprint density at radius 2 is 1.77 bits per heavy atom. The zero-order chi connectivity index (χ0) is 16.3. The predicted octanol–water partition coefficient (Wildman–Crippen LogP) is 3.97. The molecule has 0 atom stereocenters. The van der Waals surface area contributed by atoms with Crippen molar-refractivity contribution in [1.82, 2.24) is 0 Å². The average molecular weight is 317 g/mol. The van der Waals surface area contributed by atoms with Gasteiger partial charge in [0, 0.05) is 5.02 Å². The summed E-state index contributed by atoms with van der Waals surface area (Å²) >= 11 is 6.03. The maximum Gasteiger partial charge on any atom is 0.336 e. The molecule has 2 rings (SSSR count). The molecule has 0 aliphatic carbocycles. The lowest BCUT2D eigenvalue weighted by molar-refractivity contribution is -0.130. The molecule has 0 saturated heterocycles. The number of carbonyl (C=O) groups is 2. The zero-order valence-electron chi connectivity index (χ0n) is 11.7. The predicted molar refractivity (Wildman–Crippen MR) is 85.1 cm³/mol. The van der Waals surface area contributed by atoms with Gasteiger partial charge >= 0.3 is 11.9 Å². The first-order valence-electron chi connectivity index (χ1n) is 6.44. The van der Waals surface area contributed by atoms with Crippen LogP contribution in [0.1, 0.15) is 27.0 Å². The molecule has 4 nitrogen and oxygen atoms in total. The summed E-state index contributed by atoms with van der Waals surface area (Å²) in [6.45, 7) is 1.82. The topological polar surface area (TPSA) is 74.6 Å². The van der Waals surface area contributed by atoms with Crippen molar-refractivity contribution in [2.45, 2.75) is 6.92 Å². The molecule has 112 valence electrons. The molecule has 2 N–H and O–H groups in total. The van der Waals surface area contributed by atoms with E-state index in [1.54, 1.807) is 36.4 Å². The highest BCUT2D eigenvalue weighted by molar-refractivity contribution is 6.32. The van der Waals surface area contributed by atoms with Crippen molar-refractivity contribution in [3.63, 3.8) is 0 Å². The Balaban J connectivity index is 2.60. The third kappa shape index (κ3) is 3.35. The van der Waals surface area contributed by atoms with Crippen molar-refractivity contribution < 1.29 is 19.8 Å². The van der Waals surface area contributed by atoms with Crippen LogP contribution in [0.25, 0.3) is 11.6 Å². The minimum absolute atomic E-state index is 0.0180. The second-order valence-electron chi connectivity index (χ2n) is 4.72. The molecule has 0 radical (unpaired) electrons. The highest BCUT2D eigenvalue weighted by atomic mass is 35.5. The molecule has 22 heavy (non-hydrogen) atoms. The van der Waals surface area contributed by atoms with Crippen LogP contribution in [0.15, 0.2) is 42.5 Å². The molecule has 0 saturated carbocycles. The van der Waals surface area contributed by atoms with Crippen LogP contribution in [-0.4, -0.2) is 22.2 Å². The van der Waals surface area contributed by atoms with Crippen molar-refractivity contribution in [2.75, 3.05) is 0 Å².